The maximum atomic E-state index is 10.9. The molecule has 4 atom stereocenters. The third kappa shape index (κ3) is 2.51. The molecule has 0 aromatic heterocycles. The fourth-order valence-corrected chi connectivity index (χ4v) is 3.99. The highest BCUT2D eigenvalue weighted by atomic mass is 16.8. The zero-order valence-corrected chi connectivity index (χ0v) is 12.3. The van der Waals surface area contributed by atoms with Crippen LogP contribution in [-0.2, 0) is 14.3 Å². The predicted molar refractivity (Wildman–Crippen MR) is 74.2 cm³/mol. The molecule has 0 aromatic rings. The lowest BCUT2D eigenvalue weighted by Crippen LogP contribution is -2.33. The standard InChI is InChI=1S/C16H24O4/c1-3-12-11(8-14(17)18)7-13-15(12)20-16(2,19-13)9-10-5-4-6-10/h3,10-11,13,15H,4-9H2,1-2H3,(H,17,18)/b12-3+. The Bertz CT molecular complexity index is 426. The highest BCUT2D eigenvalue weighted by Gasteiger charge is 2.52. The van der Waals surface area contributed by atoms with Crippen LogP contribution in [0.1, 0.15) is 52.4 Å². The van der Waals surface area contributed by atoms with Gasteiger partial charge >= 0.3 is 5.97 Å². The van der Waals surface area contributed by atoms with Gasteiger partial charge in [-0.05, 0) is 37.7 Å². The Morgan fingerprint density at radius 2 is 2.20 bits per heavy atom. The van der Waals surface area contributed by atoms with Gasteiger partial charge in [-0.3, -0.25) is 4.79 Å². The van der Waals surface area contributed by atoms with Crippen LogP contribution in [0.15, 0.2) is 11.6 Å². The lowest BCUT2D eigenvalue weighted by atomic mass is 9.81. The van der Waals surface area contributed by atoms with E-state index in [0.717, 1.165) is 24.3 Å². The Labute approximate surface area is 120 Å². The molecule has 3 fully saturated rings. The van der Waals surface area contributed by atoms with Crippen molar-refractivity contribution < 1.29 is 19.4 Å². The first-order chi connectivity index (χ1) is 9.50. The summed E-state index contributed by atoms with van der Waals surface area (Å²) in [5.41, 5.74) is 1.12. The molecule has 20 heavy (non-hydrogen) atoms. The maximum Gasteiger partial charge on any atom is 0.303 e. The molecule has 4 unspecified atom stereocenters. The highest BCUT2D eigenvalue weighted by molar-refractivity contribution is 5.67. The van der Waals surface area contributed by atoms with Gasteiger partial charge < -0.3 is 14.6 Å². The Morgan fingerprint density at radius 3 is 2.75 bits per heavy atom. The van der Waals surface area contributed by atoms with Gasteiger partial charge in [0.05, 0.1) is 12.5 Å². The minimum atomic E-state index is -0.744. The minimum absolute atomic E-state index is 0.0329. The molecule has 112 valence electrons. The molecule has 2 aliphatic carbocycles. The topological polar surface area (TPSA) is 55.8 Å². The number of hydrogen-bond acceptors (Lipinski definition) is 3. The monoisotopic (exact) mass is 280 g/mol. The summed E-state index contributed by atoms with van der Waals surface area (Å²) in [7, 11) is 0. The van der Waals surface area contributed by atoms with E-state index in [1.54, 1.807) is 0 Å². The molecule has 1 N–H and O–H groups in total. The Hall–Kier alpha value is -0.870. The third-order valence-corrected chi connectivity index (χ3v) is 5.07. The van der Waals surface area contributed by atoms with Gasteiger partial charge in [-0.25, -0.2) is 0 Å². The van der Waals surface area contributed by atoms with E-state index < -0.39 is 11.8 Å². The highest BCUT2D eigenvalue weighted by Crippen LogP contribution is 2.48. The molecule has 0 spiro atoms. The van der Waals surface area contributed by atoms with Gasteiger partial charge in [0.15, 0.2) is 5.79 Å². The van der Waals surface area contributed by atoms with Crippen LogP contribution in [-0.4, -0.2) is 29.1 Å². The fourth-order valence-electron chi connectivity index (χ4n) is 3.99. The number of hydrogen-bond donors (Lipinski definition) is 1. The molecule has 1 saturated heterocycles. The number of carbonyl (C=O) groups is 1. The lowest BCUT2D eigenvalue weighted by molar-refractivity contribution is -0.179. The molecular formula is C16H24O4. The summed E-state index contributed by atoms with van der Waals surface area (Å²) in [4.78, 5) is 10.9. The number of carboxylic acids is 1. The number of fused-ring (bicyclic) bond motifs is 1. The molecule has 0 amide bonds. The second-order valence-corrected chi connectivity index (χ2v) is 6.65. The van der Waals surface area contributed by atoms with E-state index in [4.69, 9.17) is 14.6 Å². The zero-order chi connectivity index (χ0) is 14.3. The van der Waals surface area contributed by atoms with Crippen LogP contribution in [0.4, 0.5) is 0 Å². The van der Waals surface area contributed by atoms with Gasteiger partial charge in [-0.15, -0.1) is 0 Å². The molecule has 4 heteroatoms. The average Bonchev–Trinajstić information content (AvgIpc) is 2.76. The number of carboxylic acid groups (broad SMARTS) is 1. The van der Waals surface area contributed by atoms with Crippen molar-refractivity contribution >= 4 is 5.97 Å². The molecular weight excluding hydrogens is 256 g/mol. The van der Waals surface area contributed by atoms with E-state index in [-0.39, 0.29) is 24.5 Å². The van der Waals surface area contributed by atoms with E-state index in [1.807, 2.05) is 19.9 Å². The van der Waals surface area contributed by atoms with Crippen LogP contribution in [0.25, 0.3) is 0 Å². The van der Waals surface area contributed by atoms with Crippen LogP contribution in [0.2, 0.25) is 0 Å². The number of ether oxygens (including phenoxy) is 2. The normalized spacial score (nSPS) is 42.7. The average molecular weight is 280 g/mol. The van der Waals surface area contributed by atoms with E-state index in [2.05, 4.69) is 0 Å². The van der Waals surface area contributed by atoms with Crippen LogP contribution in [0, 0.1) is 11.8 Å². The van der Waals surface area contributed by atoms with Crippen molar-refractivity contribution in [1.82, 2.24) is 0 Å². The third-order valence-electron chi connectivity index (χ3n) is 5.07. The summed E-state index contributed by atoms with van der Waals surface area (Å²) in [5.74, 6) is -0.405. The van der Waals surface area contributed by atoms with Gasteiger partial charge in [-0.1, -0.05) is 25.3 Å². The summed E-state index contributed by atoms with van der Waals surface area (Å²) < 4.78 is 12.4. The Balaban J connectivity index is 1.67. The van der Waals surface area contributed by atoms with Gasteiger partial charge in [0.1, 0.15) is 6.10 Å². The van der Waals surface area contributed by atoms with Crippen molar-refractivity contribution in [2.45, 2.75) is 70.4 Å². The van der Waals surface area contributed by atoms with E-state index in [1.165, 1.54) is 19.3 Å². The van der Waals surface area contributed by atoms with Crippen LogP contribution < -0.4 is 0 Å². The number of allylic oxidation sites excluding steroid dienone is 1. The van der Waals surface area contributed by atoms with Gasteiger partial charge in [0.2, 0.25) is 0 Å². The van der Waals surface area contributed by atoms with Crippen LogP contribution >= 0.6 is 0 Å². The van der Waals surface area contributed by atoms with Gasteiger partial charge in [0.25, 0.3) is 0 Å². The van der Waals surface area contributed by atoms with Gasteiger partial charge in [-0.2, -0.15) is 0 Å². The second-order valence-electron chi connectivity index (χ2n) is 6.65. The van der Waals surface area contributed by atoms with Crippen molar-refractivity contribution in [3.8, 4) is 0 Å². The predicted octanol–water partition coefficient (Wildman–Crippen LogP) is 3.12. The summed E-state index contributed by atoms with van der Waals surface area (Å²) in [6, 6.07) is 0. The maximum absolute atomic E-state index is 10.9. The lowest BCUT2D eigenvalue weighted by Gasteiger charge is -2.34. The molecule has 0 bridgehead atoms. The molecule has 0 aromatic carbocycles. The van der Waals surface area contributed by atoms with Crippen molar-refractivity contribution in [1.29, 1.82) is 0 Å². The molecule has 2 saturated carbocycles. The molecule has 1 aliphatic heterocycles. The summed E-state index contributed by atoms with van der Waals surface area (Å²) in [6.07, 6.45) is 7.86. The van der Waals surface area contributed by atoms with Gasteiger partial charge in [0, 0.05) is 6.42 Å². The summed E-state index contributed by atoms with van der Waals surface area (Å²) in [5, 5.41) is 9.00. The molecule has 4 nitrogen and oxygen atoms in total. The van der Waals surface area contributed by atoms with E-state index in [0.29, 0.717) is 0 Å². The SMILES string of the molecule is C/C=C1\C(CC(=O)O)CC2OC(C)(CC3CCC3)OC12. The Kier molecular flexibility index (Phi) is 3.63. The smallest absolute Gasteiger partial charge is 0.303 e. The zero-order valence-electron chi connectivity index (χ0n) is 12.3. The van der Waals surface area contributed by atoms with Crippen molar-refractivity contribution in [3.05, 3.63) is 11.6 Å². The quantitative estimate of drug-likeness (QED) is 0.804. The number of aliphatic carboxylic acids is 1. The largest absolute Gasteiger partial charge is 0.481 e. The fraction of sp³-hybridized carbons (Fsp3) is 0.812. The van der Waals surface area contributed by atoms with Crippen LogP contribution in [0.5, 0.6) is 0 Å². The van der Waals surface area contributed by atoms with Crippen molar-refractivity contribution in [3.63, 3.8) is 0 Å². The molecule has 3 rings (SSSR count). The van der Waals surface area contributed by atoms with Crippen molar-refractivity contribution in [2.75, 3.05) is 0 Å². The van der Waals surface area contributed by atoms with Crippen LogP contribution in [0.3, 0.4) is 0 Å². The Morgan fingerprint density at radius 1 is 1.45 bits per heavy atom. The first kappa shape index (κ1) is 14.1. The van der Waals surface area contributed by atoms with Crippen molar-refractivity contribution in [2.24, 2.45) is 11.8 Å². The van der Waals surface area contributed by atoms with E-state index >= 15 is 0 Å². The summed E-state index contributed by atoms with van der Waals surface area (Å²) in [6.45, 7) is 4.01. The second kappa shape index (κ2) is 5.15. The first-order valence-corrected chi connectivity index (χ1v) is 7.74. The first-order valence-electron chi connectivity index (χ1n) is 7.74. The van der Waals surface area contributed by atoms with E-state index in [9.17, 15) is 4.79 Å². The molecule has 1 heterocycles. The summed E-state index contributed by atoms with van der Waals surface area (Å²) >= 11 is 0. The number of rotatable bonds is 4. The molecule has 0 radical (unpaired) electrons. The molecule has 3 aliphatic rings. The minimum Gasteiger partial charge on any atom is -0.481 e.